The summed E-state index contributed by atoms with van der Waals surface area (Å²) in [4.78, 5) is 0. The lowest BCUT2D eigenvalue weighted by Gasteiger charge is -1.86. The molecule has 0 aromatic carbocycles. The summed E-state index contributed by atoms with van der Waals surface area (Å²) in [6, 6.07) is 0. The van der Waals surface area contributed by atoms with E-state index in [2.05, 4.69) is 24.6 Å². The van der Waals surface area contributed by atoms with Crippen LogP contribution in [0.2, 0.25) is 0 Å². The zero-order valence-electron chi connectivity index (χ0n) is 7.39. The second-order valence-electron chi connectivity index (χ2n) is 2.89. The predicted octanol–water partition coefficient (Wildman–Crippen LogP) is 4.09. The van der Waals surface area contributed by atoms with Gasteiger partial charge in [0, 0.05) is 9.40 Å². The van der Waals surface area contributed by atoms with Crippen LogP contribution in [0.3, 0.4) is 0 Å². The van der Waals surface area contributed by atoms with Crippen LogP contribution in [0.15, 0.2) is 10.8 Å². The molecule has 0 aliphatic carbocycles. The van der Waals surface area contributed by atoms with E-state index in [1.165, 1.54) is 33.4 Å². The van der Waals surface area contributed by atoms with Gasteiger partial charge < -0.3 is 0 Å². The van der Waals surface area contributed by atoms with Gasteiger partial charge in [-0.3, -0.25) is 0 Å². The second-order valence-corrected chi connectivity index (χ2v) is 4.65. The fourth-order valence-electron chi connectivity index (χ4n) is 1.40. The molecule has 0 N–H and O–H groups in total. The second kappa shape index (κ2) is 3.19. The fraction of sp³-hybridized carbons (Fsp3) is 0.400. The summed E-state index contributed by atoms with van der Waals surface area (Å²) in [5.74, 6) is 0. The third kappa shape index (κ3) is 1.10. The SMILES string of the molecule is CCc1csc2c(CC)csc12. The molecule has 0 atom stereocenters. The van der Waals surface area contributed by atoms with Crippen LogP contribution < -0.4 is 0 Å². The zero-order chi connectivity index (χ0) is 8.55. The molecule has 0 radical (unpaired) electrons. The van der Waals surface area contributed by atoms with E-state index < -0.39 is 0 Å². The average molecular weight is 196 g/mol. The lowest BCUT2D eigenvalue weighted by molar-refractivity contribution is 1.17. The first-order chi connectivity index (χ1) is 5.86. The highest BCUT2D eigenvalue weighted by molar-refractivity contribution is 7.26. The summed E-state index contributed by atoms with van der Waals surface area (Å²) in [6.45, 7) is 4.46. The lowest BCUT2D eigenvalue weighted by Crippen LogP contribution is -1.71. The maximum atomic E-state index is 2.31. The van der Waals surface area contributed by atoms with Crippen molar-refractivity contribution in [3.05, 3.63) is 21.9 Å². The number of aryl methyl sites for hydroxylation is 2. The van der Waals surface area contributed by atoms with Gasteiger partial charge in [-0.15, -0.1) is 22.7 Å². The molecule has 0 spiro atoms. The van der Waals surface area contributed by atoms with E-state index in [9.17, 15) is 0 Å². The molecular formula is C10H12S2. The van der Waals surface area contributed by atoms with E-state index in [1.54, 1.807) is 0 Å². The zero-order valence-corrected chi connectivity index (χ0v) is 9.02. The summed E-state index contributed by atoms with van der Waals surface area (Å²) in [5, 5.41) is 4.61. The number of hydrogen-bond donors (Lipinski definition) is 0. The summed E-state index contributed by atoms with van der Waals surface area (Å²) >= 11 is 3.81. The highest BCUT2D eigenvalue weighted by Gasteiger charge is 2.07. The first-order valence-electron chi connectivity index (χ1n) is 4.33. The molecule has 2 aromatic heterocycles. The van der Waals surface area contributed by atoms with E-state index in [0.29, 0.717) is 0 Å². The molecule has 0 amide bonds. The van der Waals surface area contributed by atoms with Crippen molar-refractivity contribution in [2.75, 3.05) is 0 Å². The first-order valence-corrected chi connectivity index (χ1v) is 6.09. The van der Waals surface area contributed by atoms with E-state index in [0.717, 1.165) is 0 Å². The van der Waals surface area contributed by atoms with Gasteiger partial charge in [-0.25, -0.2) is 0 Å². The van der Waals surface area contributed by atoms with Crippen molar-refractivity contribution in [1.29, 1.82) is 0 Å². The molecule has 0 bridgehead atoms. The quantitative estimate of drug-likeness (QED) is 0.678. The standard InChI is InChI=1S/C10H12S2/c1-3-7-5-11-10-8(4-2)6-12-9(7)10/h5-6H,3-4H2,1-2H3. The molecule has 2 heteroatoms. The Balaban J connectivity index is 2.66. The van der Waals surface area contributed by atoms with E-state index in [1.807, 2.05) is 22.7 Å². The van der Waals surface area contributed by atoms with Crippen LogP contribution in [0.4, 0.5) is 0 Å². The van der Waals surface area contributed by atoms with Crippen molar-refractivity contribution in [1.82, 2.24) is 0 Å². The van der Waals surface area contributed by atoms with Crippen molar-refractivity contribution >= 4 is 32.1 Å². The number of fused-ring (bicyclic) bond motifs is 1. The summed E-state index contributed by atoms with van der Waals surface area (Å²) in [7, 11) is 0. The normalized spacial score (nSPS) is 11.2. The van der Waals surface area contributed by atoms with Gasteiger partial charge in [0.1, 0.15) is 0 Å². The smallest absolute Gasteiger partial charge is 0.0485 e. The highest BCUT2D eigenvalue weighted by atomic mass is 32.1. The van der Waals surface area contributed by atoms with Gasteiger partial charge in [-0.2, -0.15) is 0 Å². The Labute approximate surface area is 80.9 Å². The van der Waals surface area contributed by atoms with Crippen LogP contribution in [-0.2, 0) is 12.8 Å². The van der Waals surface area contributed by atoms with Crippen molar-refractivity contribution in [3.8, 4) is 0 Å². The third-order valence-electron chi connectivity index (χ3n) is 2.19. The fourth-order valence-corrected chi connectivity index (χ4v) is 4.12. The van der Waals surface area contributed by atoms with Crippen molar-refractivity contribution < 1.29 is 0 Å². The van der Waals surface area contributed by atoms with Crippen LogP contribution in [-0.4, -0.2) is 0 Å². The van der Waals surface area contributed by atoms with Gasteiger partial charge in [0.2, 0.25) is 0 Å². The van der Waals surface area contributed by atoms with E-state index in [4.69, 9.17) is 0 Å². The molecule has 0 unspecified atom stereocenters. The first kappa shape index (κ1) is 8.27. The van der Waals surface area contributed by atoms with Gasteiger partial charge in [0.05, 0.1) is 0 Å². The molecular weight excluding hydrogens is 184 g/mol. The van der Waals surface area contributed by atoms with Gasteiger partial charge in [-0.05, 0) is 34.7 Å². The lowest BCUT2D eigenvalue weighted by atomic mass is 10.2. The minimum absolute atomic E-state index is 1.17. The van der Waals surface area contributed by atoms with E-state index >= 15 is 0 Å². The monoisotopic (exact) mass is 196 g/mol. The Morgan fingerprint density at radius 2 is 1.33 bits per heavy atom. The Kier molecular flexibility index (Phi) is 2.20. The molecule has 2 heterocycles. The largest absolute Gasteiger partial charge is 0.142 e. The Morgan fingerprint density at radius 1 is 0.917 bits per heavy atom. The average Bonchev–Trinajstić information content (AvgIpc) is 2.62. The van der Waals surface area contributed by atoms with Gasteiger partial charge in [0.15, 0.2) is 0 Å². The van der Waals surface area contributed by atoms with Crippen molar-refractivity contribution in [2.24, 2.45) is 0 Å². The molecule has 64 valence electrons. The summed E-state index contributed by atoms with van der Waals surface area (Å²) in [5.41, 5.74) is 3.06. The minimum atomic E-state index is 1.17. The Hall–Kier alpha value is -0.340. The number of rotatable bonds is 2. The number of thiophene rings is 2. The molecule has 12 heavy (non-hydrogen) atoms. The van der Waals surface area contributed by atoms with Gasteiger partial charge in [-0.1, -0.05) is 13.8 Å². The van der Waals surface area contributed by atoms with Crippen molar-refractivity contribution in [2.45, 2.75) is 26.7 Å². The predicted molar refractivity (Wildman–Crippen MR) is 58.5 cm³/mol. The Bertz CT molecular complexity index is 343. The van der Waals surface area contributed by atoms with Crippen LogP contribution in [0, 0.1) is 0 Å². The number of hydrogen-bond acceptors (Lipinski definition) is 2. The van der Waals surface area contributed by atoms with Crippen LogP contribution >= 0.6 is 22.7 Å². The molecule has 2 rings (SSSR count). The summed E-state index contributed by atoms with van der Waals surface area (Å²) < 4.78 is 3.05. The van der Waals surface area contributed by atoms with Gasteiger partial charge >= 0.3 is 0 Å². The van der Waals surface area contributed by atoms with Crippen LogP contribution in [0.5, 0.6) is 0 Å². The summed E-state index contributed by atoms with van der Waals surface area (Å²) in [6.07, 6.45) is 2.34. The van der Waals surface area contributed by atoms with E-state index in [-0.39, 0.29) is 0 Å². The van der Waals surface area contributed by atoms with Crippen LogP contribution in [0.25, 0.3) is 9.40 Å². The third-order valence-corrected chi connectivity index (χ3v) is 4.53. The highest BCUT2D eigenvalue weighted by Crippen LogP contribution is 2.34. The minimum Gasteiger partial charge on any atom is -0.142 e. The topological polar surface area (TPSA) is 0 Å². The molecule has 0 fully saturated rings. The van der Waals surface area contributed by atoms with Gasteiger partial charge in [0.25, 0.3) is 0 Å². The molecule has 0 aliphatic rings. The molecule has 0 nitrogen and oxygen atoms in total. The maximum absolute atomic E-state index is 2.31. The molecule has 2 aromatic rings. The van der Waals surface area contributed by atoms with Crippen LogP contribution in [0.1, 0.15) is 25.0 Å². The maximum Gasteiger partial charge on any atom is 0.0485 e. The Morgan fingerprint density at radius 3 is 1.67 bits per heavy atom. The molecule has 0 saturated carbocycles. The molecule has 0 aliphatic heterocycles. The van der Waals surface area contributed by atoms with Crippen molar-refractivity contribution in [3.63, 3.8) is 0 Å². The molecule has 0 saturated heterocycles.